The molecule has 8 N–H and O–H groups in total. The van der Waals surface area contributed by atoms with Crippen molar-refractivity contribution in [2.24, 2.45) is 11.5 Å². The van der Waals surface area contributed by atoms with Crippen LogP contribution in [0.1, 0.15) is 34.6 Å². The van der Waals surface area contributed by atoms with Crippen molar-refractivity contribution in [2.45, 2.75) is 40.7 Å². The van der Waals surface area contributed by atoms with Crippen molar-refractivity contribution in [3.8, 4) is 0 Å². The first kappa shape index (κ1) is 43.5. The third-order valence-electron chi connectivity index (χ3n) is 0.372. The molecule has 10 nitrogen and oxygen atoms in total. The van der Waals surface area contributed by atoms with Gasteiger partial charge >= 0.3 is 51.4 Å². The van der Waals surface area contributed by atoms with E-state index in [1.54, 1.807) is 0 Å². The van der Waals surface area contributed by atoms with E-state index in [-0.39, 0.29) is 74.4 Å². The van der Waals surface area contributed by atoms with E-state index in [0.717, 1.165) is 27.7 Å². The number of carbonyl (C=O) groups is 4. The Labute approximate surface area is 188 Å². The minimum absolute atomic E-state index is 0. The zero-order valence-electron chi connectivity index (χ0n) is 13.3. The predicted octanol–water partition coefficient (Wildman–Crippen LogP) is -0.415. The van der Waals surface area contributed by atoms with E-state index in [1.807, 2.05) is 6.92 Å². The van der Waals surface area contributed by atoms with E-state index >= 15 is 0 Å². The maximum absolute atomic E-state index is 9.00. The molecule has 0 fully saturated rings. The third-order valence-corrected chi connectivity index (χ3v) is 0.372. The summed E-state index contributed by atoms with van der Waals surface area (Å²) in [6, 6.07) is 0.162. The van der Waals surface area contributed by atoms with Crippen molar-refractivity contribution in [1.29, 1.82) is 0 Å². The van der Waals surface area contributed by atoms with Crippen LogP contribution in [0.25, 0.3) is 0 Å². The van der Waals surface area contributed by atoms with E-state index in [4.69, 9.17) is 51.1 Å². The fourth-order valence-electron chi connectivity index (χ4n) is 0. The normalized spacial score (nSPS) is 7.61. The number of hydrogen-bond donors (Lipinski definition) is 6. The SMILES string of the molecule is Br.CC(=O)O.CC(=O)O.CC(=O)O.CC(=O)O.CC(N)CN.[KH]. The average molecular weight is 435 g/mol. The Bertz CT molecular complexity index is 227. The maximum atomic E-state index is 9.00. The summed E-state index contributed by atoms with van der Waals surface area (Å²) in [4.78, 5) is 36.0. The molecule has 0 aliphatic rings. The van der Waals surface area contributed by atoms with Gasteiger partial charge in [-0.25, -0.2) is 0 Å². The van der Waals surface area contributed by atoms with Crippen LogP contribution in [-0.4, -0.2) is 108 Å². The van der Waals surface area contributed by atoms with Gasteiger partial charge in [-0.3, -0.25) is 19.2 Å². The van der Waals surface area contributed by atoms with Crippen LogP contribution in [0.15, 0.2) is 0 Å². The Kier molecular flexibility index (Phi) is 71.5. The molecule has 0 aliphatic carbocycles. The molecule has 138 valence electrons. The Morgan fingerprint density at radius 3 is 0.826 bits per heavy atom. The van der Waals surface area contributed by atoms with Crippen LogP contribution in [0.4, 0.5) is 0 Å². The summed E-state index contributed by atoms with van der Waals surface area (Å²) >= 11 is 0. The first-order chi connectivity index (χ1) is 9.20. The zero-order valence-corrected chi connectivity index (χ0v) is 15.0. The van der Waals surface area contributed by atoms with Gasteiger partial charge < -0.3 is 31.9 Å². The molecule has 23 heavy (non-hydrogen) atoms. The molecule has 1 atom stereocenters. The van der Waals surface area contributed by atoms with E-state index < -0.39 is 23.9 Å². The summed E-state index contributed by atoms with van der Waals surface area (Å²) in [5.41, 5.74) is 10.2. The summed E-state index contributed by atoms with van der Waals surface area (Å²) in [5, 5.41) is 29.7. The van der Waals surface area contributed by atoms with Gasteiger partial charge in [-0.1, -0.05) is 0 Å². The fourth-order valence-corrected chi connectivity index (χ4v) is 0. The molecule has 0 saturated carbocycles. The van der Waals surface area contributed by atoms with Crippen molar-refractivity contribution in [3.63, 3.8) is 0 Å². The van der Waals surface area contributed by atoms with Gasteiger partial charge in [0.05, 0.1) is 0 Å². The number of rotatable bonds is 1. The van der Waals surface area contributed by atoms with E-state index in [0.29, 0.717) is 6.54 Å². The number of halogens is 1. The van der Waals surface area contributed by atoms with Gasteiger partial charge in [0.15, 0.2) is 0 Å². The Balaban J connectivity index is -0.0000000273. The van der Waals surface area contributed by atoms with Crippen LogP contribution < -0.4 is 11.5 Å². The van der Waals surface area contributed by atoms with Gasteiger partial charge in [-0.2, -0.15) is 0 Å². The van der Waals surface area contributed by atoms with E-state index in [9.17, 15) is 0 Å². The summed E-state index contributed by atoms with van der Waals surface area (Å²) in [6.45, 7) is 6.79. The van der Waals surface area contributed by atoms with Gasteiger partial charge in [0.25, 0.3) is 23.9 Å². The topological polar surface area (TPSA) is 201 Å². The van der Waals surface area contributed by atoms with E-state index in [2.05, 4.69) is 0 Å². The molecule has 0 bridgehead atoms. The average Bonchev–Trinajstić information content (AvgIpc) is 2.13. The summed E-state index contributed by atoms with van der Waals surface area (Å²) in [5.74, 6) is -3.33. The van der Waals surface area contributed by atoms with Crippen molar-refractivity contribution in [3.05, 3.63) is 0 Å². The zero-order chi connectivity index (χ0) is 18.6. The molecule has 0 radical (unpaired) electrons. The monoisotopic (exact) mass is 434 g/mol. The first-order valence-corrected chi connectivity index (χ1v) is 5.44. The van der Waals surface area contributed by atoms with Crippen molar-refractivity contribution >= 4 is 92.2 Å². The van der Waals surface area contributed by atoms with Crippen LogP contribution in [0, 0.1) is 0 Å². The number of nitrogens with two attached hydrogens (primary N) is 2. The molecule has 0 saturated heterocycles. The van der Waals surface area contributed by atoms with Gasteiger partial charge in [0.1, 0.15) is 0 Å². The van der Waals surface area contributed by atoms with Crippen LogP contribution in [0.3, 0.4) is 0 Å². The van der Waals surface area contributed by atoms with Gasteiger partial charge in [-0.15, -0.1) is 17.0 Å². The van der Waals surface area contributed by atoms with Crippen molar-refractivity contribution in [1.82, 2.24) is 0 Å². The second-order valence-corrected chi connectivity index (χ2v) is 3.29. The number of aliphatic carboxylic acids is 4. The summed E-state index contributed by atoms with van der Waals surface area (Å²) in [6.07, 6.45) is 0. The van der Waals surface area contributed by atoms with Crippen molar-refractivity contribution < 1.29 is 39.6 Å². The minimum atomic E-state index is -0.833. The van der Waals surface area contributed by atoms with Gasteiger partial charge in [0.2, 0.25) is 0 Å². The Hall–Kier alpha value is -0.0836. The molecule has 0 aliphatic heterocycles. The van der Waals surface area contributed by atoms with Gasteiger partial charge in [-0.05, 0) is 6.92 Å². The number of carboxylic acids is 4. The first-order valence-electron chi connectivity index (χ1n) is 5.44. The summed E-state index contributed by atoms with van der Waals surface area (Å²) in [7, 11) is 0. The van der Waals surface area contributed by atoms with Crippen molar-refractivity contribution in [2.75, 3.05) is 6.54 Å². The van der Waals surface area contributed by atoms with Crippen LogP contribution >= 0.6 is 17.0 Å². The van der Waals surface area contributed by atoms with Crippen LogP contribution in [-0.2, 0) is 19.2 Å². The number of hydrogen-bond acceptors (Lipinski definition) is 6. The second-order valence-electron chi connectivity index (χ2n) is 3.29. The molecule has 1 unspecified atom stereocenters. The van der Waals surface area contributed by atoms with Crippen LogP contribution in [0.5, 0.6) is 0 Å². The number of carboxylic acid groups (broad SMARTS) is 4. The third kappa shape index (κ3) is 2370. The molecular formula is C11H28BrKN2O8. The van der Waals surface area contributed by atoms with E-state index in [1.165, 1.54) is 0 Å². The Morgan fingerprint density at radius 1 is 0.783 bits per heavy atom. The molecule has 12 heteroatoms. The predicted molar refractivity (Wildman–Crippen MR) is 93.4 cm³/mol. The molecule has 0 aromatic heterocycles. The fraction of sp³-hybridized carbons (Fsp3) is 0.636. The molecule has 0 aromatic carbocycles. The quantitative estimate of drug-likeness (QED) is 0.294. The Morgan fingerprint density at radius 2 is 0.826 bits per heavy atom. The second kappa shape index (κ2) is 37.8. The standard InChI is InChI=1S/C3H10N2.4C2H4O2.BrH.K.H/c1-3(5)2-4;4*1-2(3)4;;;/h3H,2,4-5H2,1H3;4*1H3,(H,3,4);1H;;. The van der Waals surface area contributed by atoms with Gasteiger partial charge in [0, 0.05) is 40.3 Å². The molecule has 0 amide bonds. The molecule has 0 heterocycles. The van der Waals surface area contributed by atoms with Crippen LogP contribution in [0.2, 0.25) is 0 Å². The molecule has 0 rings (SSSR count). The molecule has 0 aromatic rings. The molecule has 0 spiro atoms. The summed E-state index contributed by atoms with van der Waals surface area (Å²) < 4.78 is 0. The molecular weight excluding hydrogens is 407 g/mol.